The lowest BCUT2D eigenvalue weighted by Crippen LogP contribution is -2.17. The second kappa shape index (κ2) is 7.86. The maximum absolute atomic E-state index is 9.53. The first-order valence-corrected chi connectivity index (χ1v) is 8.81. The number of aliphatic hydroxyl groups is 1. The van der Waals surface area contributed by atoms with Gasteiger partial charge in [-0.25, -0.2) is 4.98 Å². The number of nitrogens with zero attached hydrogens (tertiary/aromatic N) is 2. The number of methoxy groups -OCH3 is 1. The fourth-order valence-corrected chi connectivity index (χ4v) is 3.68. The molecule has 1 saturated heterocycles. The van der Waals surface area contributed by atoms with Crippen molar-refractivity contribution in [1.29, 1.82) is 0 Å². The quantitative estimate of drug-likeness (QED) is 0.789. The molecule has 124 valence electrons. The van der Waals surface area contributed by atoms with Gasteiger partial charge in [-0.2, -0.15) is 0 Å². The average Bonchev–Trinajstić information content (AvgIpc) is 3.23. The van der Waals surface area contributed by atoms with Crippen molar-refractivity contribution >= 4 is 11.8 Å². The second-order valence-electron chi connectivity index (χ2n) is 5.58. The first-order chi connectivity index (χ1) is 11.3. The van der Waals surface area contributed by atoms with E-state index in [9.17, 15) is 5.11 Å². The number of aromatic nitrogens is 2. The van der Waals surface area contributed by atoms with Gasteiger partial charge in [-0.1, -0.05) is 23.9 Å². The lowest BCUT2D eigenvalue weighted by Gasteiger charge is -2.15. The lowest BCUT2D eigenvalue weighted by molar-refractivity contribution is 0.0930. The molecule has 0 aliphatic carbocycles. The van der Waals surface area contributed by atoms with Crippen molar-refractivity contribution in [2.75, 3.05) is 13.7 Å². The highest BCUT2D eigenvalue weighted by Crippen LogP contribution is 2.26. The zero-order valence-corrected chi connectivity index (χ0v) is 14.1. The number of hydrogen-bond acceptors (Lipinski definition) is 5. The summed E-state index contributed by atoms with van der Waals surface area (Å²) in [6, 6.07) is 8.05. The Kier molecular flexibility index (Phi) is 5.59. The van der Waals surface area contributed by atoms with Gasteiger partial charge in [0.1, 0.15) is 5.75 Å². The van der Waals surface area contributed by atoms with E-state index in [-0.39, 0.29) is 12.7 Å². The van der Waals surface area contributed by atoms with E-state index >= 15 is 0 Å². The van der Waals surface area contributed by atoms with Gasteiger partial charge in [-0.15, -0.1) is 0 Å². The van der Waals surface area contributed by atoms with Crippen LogP contribution in [0.5, 0.6) is 5.75 Å². The van der Waals surface area contributed by atoms with Crippen molar-refractivity contribution in [2.45, 2.75) is 43.0 Å². The second-order valence-corrected chi connectivity index (χ2v) is 6.52. The standard InChI is InChI=1S/C17H22N2O3S/c1-21-15-5-2-4-13(8-15)12-23-17-18-9-14(11-20)19(17)10-16-6-3-7-22-16/h2,4-5,8-9,16,20H,3,6-7,10-12H2,1H3. The van der Waals surface area contributed by atoms with Gasteiger partial charge in [0.25, 0.3) is 0 Å². The fourth-order valence-electron chi connectivity index (χ4n) is 2.73. The van der Waals surface area contributed by atoms with Gasteiger partial charge in [0.2, 0.25) is 0 Å². The van der Waals surface area contributed by atoms with Gasteiger partial charge in [-0.05, 0) is 30.5 Å². The highest BCUT2D eigenvalue weighted by Gasteiger charge is 2.19. The first-order valence-electron chi connectivity index (χ1n) is 7.82. The smallest absolute Gasteiger partial charge is 0.168 e. The Morgan fingerprint density at radius 2 is 2.39 bits per heavy atom. The summed E-state index contributed by atoms with van der Waals surface area (Å²) in [5, 5.41) is 10.5. The highest BCUT2D eigenvalue weighted by atomic mass is 32.2. The number of imidazole rings is 1. The Morgan fingerprint density at radius 1 is 1.48 bits per heavy atom. The summed E-state index contributed by atoms with van der Waals surface area (Å²) in [5.74, 6) is 1.67. The van der Waals surface area contributed by atoms with Crippen LogP contribution in [0.25, 0.3) is 0 Å². The Morgan fingerprint density at radius 3 is 3.13 bits per heavy atom. The molecule has 23 heavy (non-hydrogen) atoms. The molecule has 1 fully saturated rings. The SMILES string of the molecule is COc1cccc(CSc2ncc(CO)n2CC2CCCO2)c1. The van der Waals surface area contributed by atoms with Crippen LogP contribution >= 0.6 is 11.8 Å². The predicted molar refractivity (Wildman–Crippen MR) is 89.7 cm³/mol. The van der Waals surface area contributed by atoms with Gasteiger partial charge in [0.05, 0.1) is 38.3 Å². The van der Waals surface area contributed by atoms with Crippen LogP contribution in [0.2, 0.25) is 0 Å². The Hall–Kier alpha value is -1.50. The number of ether oxygens (including phenoxy) is 2. The van der Waals surface area contributed by atoms with E-state index < -0.39 is 0 Å². The van der Waals surface area contributed by atoms with Crippen LogP contribution in [-0.4, -0.2) is 34.5 Å². The minimum atomic E-state index is -0.000556. The molecule has 1 N–H and O–H groups in total. The van der Waals surface area contributed by atoms with Crippen molar-refractivity contribution in [3.63, 3.8) is 0 Å². The zero-order chi connectivity index (χ0) is 16.1. The molecule has 2 heterocycles. The molecule has 5 nitrogen and oxygen atoms in total. The van der Waals surface area contributed by atoms with Crippen LogP contribution in [0.3, 0.4) is 0 Å². The number of aliphatic hydroxyl groups excluding tert-OH is 1. The van der Waals surface area contributed by atoms with Gasteiger partial charge in [0.15, 0.2) is 5.16 Å². The van der Waals surface area contributed by atoms with Gasteiger partial charge >= 0.3 is 0 Å². The minimum Gasteiger partial charge on any atom is -0.497 e. The summed E-state index contributed by atoms with van der Waals surface area (Å²) in [5.41, 5.74) is 2.03. The van der Waals surface area contributed by atoms with E-state index in [2.05, 4.69) is 15.6 Å². The van der Waals surface area contributed by atoms with Gasteiger partial charge in [-0.3, -0.25) is 0 Å². The van der Waals surface area contributed by atoms with Gasteiger partial charge < -0.3 is 19.1 Å². The maximum atomic E-state index is 9.53. The molecule has 6 heteroatoms. The maximum Gasteiger partial charge on any atom is 0.168 e. The van der Waals surface area contributed by atoms with E-state index in [0.29, 0.717) is 0 Å². The van der Waals surface area contributed by atoms with Crippen LogP contribution in [-0.2, 0) is 23.6 Å². The summed E-state index contributed by atoms with van der Waals surface area (Å²) in [4.78, 5) is 4.47. The van der Waals surface area contributed by atoms with Crippen molar-refractivity contribution in [2.24, 2.45) is 0 Å². The third kappa shape index (κ3) is 4.07. The molecule has 1 aromatic heterocycles. The topological polar surface area (TPSA) is 56.5 Å². The molecule has 1 aliphatic rings. The van der Waals surface area contributed by atoms with E-state index in [1.54, 1.807) is 25.1 Å². The summed E-state index contributed by atoms with van der Waals surface area (Å²) < 4.78 is 13.1. The van der Waals surface area contributed by atoms with E-state index in [4.69, 9.17) is 9.47 Å². The largest absolute Gasteiger partial charge is 0.497 e. The van der Waals surface area contributed by atoms with E-state index in [0.717, 1.165) is 48.3 Å². The van der Waals surface area contributed by atoms with Crippen LogP contribution < -0.4 is 4.74 Å². The van der Waals surface area contributed by atoms with E-state index in [1.165, 1.54) is 5.56 Å². The molecule has 1 aromatic carbocycles. The Balaban J connectivity index is 1.70. The van der Waals surface area contributed by atoms with Crippen molar-refractivity contribution in [3.8, 4) is 5.75 Å². The van der Waals surface area contributed by atoms with E-state index in [1.807, 2.05) is 18.2 Å². The fraction of sp³-hybridized carbons (Fsp3) is 0.471. The zero-order valence-electron chi connectivity index (χ0n) is 13.3. The van der Waals surface area contributed by atoms with Crippen molar-refractivity contribution in [1.82, 2.24) is 9.55 Å². The molecule has 1 atom stereocenters. The molecule has 1 unspecified atom stereocenters. The summed E-state index contributed by atoms with van der Waals surface area (Å²) in [6.07, 6.45) is 4.16. The normalized spacial score (nSPS) is 17.6. The average molecular weight is 334 g/mol. The number of benzene rings is 1. The summed E-state index contributed by atoms with van der Waals surface area (Å²) >= 11 is 1.67. The number of rotatable bonds is 7. The van der Waals surface area contributed by atoms with Crippen LogP contribution in [0.4, 0.5) is 0 Å². The minimum absolute atomic E-state index is 0.000556. The summed E-state index contributed by atoms with van der Waals surface area (Å²) in [6.45, 7) is 1.59. The van der Waals surface area contributed by atoms with Crippen LogP contribution in [0.1, 0.15) is 24.1 Å². The van der Waals surface area contributed by atoms with Crippen LogP contribution in [0, 0.1) is 0 Å². The van der Waals surface area contributed by atoms with Crippen molar-refractivity contribution < 1.29 is 14.6 Å². The van der Waals surface area contributed by atoms with Gasteiger partial charge in [0, 0.05) is 12.4 Å². The van der Waals surface area contributed by atoms with Crippen LogP contribution in [0.15, 0.2) is 35.6 Å². The molecule has 2 aromatic rings. The molecular weight excluding hydrogens is 312 g/mol. The number of thioether (sulfide) groups is 1. The molecule has 1 aliphatic heterocycles. The predicted octanol–water partition coefficient (Wildman–Crippen LogP) is 2.86. The molecular formula is C17H22N2O3S. The third-order valence-electron chi connectivity index (χ3n) is 3.98. The molecule has 0 spiro atoms. The molecule has 3 rings (SSSR count). The monoisotopic (exact) mass is 334 g/mol. The Labute approximate surface area is 140 Å². The molecule has 0 radical (unpaired) electrons. The lowest BCUT2D eigenvalue weighted by atomic mass is 10.2. The number of hydrogen-bond donors (Lipinski definition) is 1. The van der Waals surface area contributed by atoms with Crippen molar-refractivity contribution in [3.05, 3.63) is 41.7 Å². The molecule has 0 amide bonds. The molecule has 0 saturated carbocycles. The summed E-state index contributed by atoms with van der Waals surface area (Å²) in [7, 11) is 1.67. The highest BCUT2D eigenvalue weighted by molar-refractivity contribution is 7.98. The first kappa shape index (κ1) is 16.4. The Bertz CT molecular complexity index is 639. The third-order valence-corrected chi connectivity index (χ3v) is 5.04. The molecule has 0 bridgehead atoms.